The van der Waals surface area contributed by atoms with Gasteiger partial charge in [0.05, 0.1) is 7.37 Å². The van der Waals surface area contributed by atoms with Crippen LogP contribution in [0.5, 0.6) is 0 Å². The van der Waals surface area contributed by atoms with Gasteiger partial charge in [-0.2, -0.15) is 0 Å². The van der Waals surface area contributed by atoms with Gasteiger partial charge in [-0.05, 0) is 13.8 Å². The van der Waals surface area contributed by atoms with Gasteiger partial charge in [0.25, 0.3) is 0 Å². The van der Waals surface area contributed by atoms with Crippen molar-refractivity contribution in [2.75, 3.05) is 0 Å². The Morgan fingerprint density at radius 2 is 1.05 bits per heavy atom. The van der Waals surface area contributed by atoms with Crippen LogP contribution in [-0.2, 0) is 4.57 Å². The standard InChI is InChI=1S/C14H15O2P.ClH.Mg/c1-11-3-7-13(8-4-11)17(15,16)14-9-5-12(2)6-10-14;;/h3-10H,1-2H3,(H,15,16);1H;/q;;+2/p-2. The third-order valence-electron chi connectivity index (χ3n) is 2.75. The maximum Gasteiger partial charge on any atom is 2.00 e. The molecule has 0 unspecified atom stereocenters. The fraction of sp³-hybridized carbons (Fsp3) is 0.143. The molecule has 0 heterocycles. The molecule has 0 saturated carbocycles. The zero-order chi connectivity index (χ0) is 12.5. The van der Waals surface area contributed by atoms with E-state index in [1.165, 1.54) is 0 Å². The fourth-order valence-corrected chi connectivity index (χ4v) is 3.01. The Labute approximate surface area is 136 Å². The molecule has 2 aromatic carbocycles. The molecule has 0 saturated heterocycles. The molecule has 0 aliphatic rings. The molecule has 0 fully saturated rings. The molecule has 0 aliphatic carbocycles. The Balaban J connectivity index is 0.00000162. The zero-order valence-electron chi connectivity index (χ0n) is 11.0. The predicted molar refractivity (Wildman–Crippen MR) is 75.0 cm³/mol. The van der Waals surface area contributed by atoms with Crippen molar-refractivity contribution in [1.29, 1.82) is 0 Å². The van der Waals surface area contributed by atoms with Gasteiger partial charge in [0.15, 0.2) is 0 Å². The van der Waals surface area contributed by atoms with Crippen LogP contribution in [0.25, 0.3) is 0 Å². The van der Waals surface area contributed by atoms with Gasteiger partial charge in [0.1, 0.15) is 0 Å². The first kappa shape index (κ1) is 18.7. The molecule has 96 valence electrons. The first-order chi connectivity index (χ1) is 8.00. The third kappa shape index (κ3) is 4.33. The molecule has 19 heavy (non-hydrogen) atoms. The first-order valence-corrected chi connectivity index (χ1v) is 7.08. The summed E-state index contributed by atoms with van der Waals surface area (Å²) < 4.78 is 12.3. The number of hydrogen-bond acceptors (Lipinski definition) is 2. The van der Waals surface area contributed by atoms with Crippen molar-refractivity contribution < 1.29 is 21.9 Å². The molecule has 0 spiro atoms. The van der Waals surface area contributed by atoms with E-state index in [0.717, 1.165) is 11.1 Å². The molecule has 2 rings (SSSR count). The van der Waals surface area contributed by atoms with E-state index in [0.29, 0.717) is 10.6 Å². The summed E-state index contributed by atoms with van der Waals surface area (Å²) >= 11 is 0. The van der Waals surface area contributed by atoms with E-state index >= 15 is 0 Å². The summed E-state index contributed by atoms with van der Waals surface area (Å²) in [5, 5.41) is 0.735. The van der Waals surface area contributed by atoms with Crippen molar-refractivity contribution in [2.24, 2.45) is 0 Å². The molecule has 0 N–H and O–H groups in total. The number of rotatable bonds is 2. The SMILES string of the molecule is Cc1ccc(P(=O)([O-])c2ccc(C)cc2)cc1.[Cl-].[Mg+2]. The van der Waals surface area contributed by atoms with Crippen molar-refractivity contribution in [3.63, 3.8) is 0 Å². The molecule has 5 heteroatoms. The van der Waals surface area contributed by atoms with Gasteiger partial charge < -0.3 is 21.9 Å². The van der Waals surface area contributed by atoms with Crippen molar-refractivity contribution in [2.45, 2.75) is 13.8 Å². The Bertz CT molecular complexity index is 518. The Morgan fingerprint density at radius 1 is 0.789 bits per heavy atom. The van der Waals surface area contributed by atoms with Gasteiger partial charge in [-0.3, -0.25) is 0 Å². The normalized spacial score (nSPS) is 10.3. The van der Waals surface area contributed by atoms with Crippen molar-refractivity contribution in [3.8, 4) is 0 Å². The number of aryl methyl sites for hydroxylation is 2. The number of benzene rings is 2. The minimum absolute atomic E-state index is 0. The zero-order valence-corrected chi connectivity index (χ0v) is 14.0. The largest absolute Gasteiger partial charge is 2.00 e. The van der Waals surface area contributed by atoms with Crippen LogP contribution >= 0.6 is 7.37 Å². The van der Waals surface area contributed by atoms with E-state index in [1.54, 1.807) is 24.3 Å². The van der Waals surface area contributed by atoms with E-state index in [9.17, 15) is 9.46 Å². The smallest absolute Gasteiger partial charge is 1.00 e. The average Bonchev–Trinajstić information content (AvgIpc) is 2.30. The minimum Gasteiger partial charge on any atom is -1.00 e. The average molecular weight is 305 g/mol. The van der Waals surface area contributed by atoms with E-state index in [2.05, 4.69) is 0 Å². The third-order valence-corrected chi connectivity index (χ3v) is 4.70. The second-order valence-corrected chi connectivity index (χ2v) is 6.36. The minimum atomic E-state index is -3.69. The summed E-state index contributed by atoms with van der Waals surface area (Å²) in [5.41, 5.74) is 2.11. The molecule has 0 amide bonds. The van der Waals surface area contributed by atoms with Crippen LogP contribution in [0.4, 0.5) is 0 Å². The van der Waals surface area contributed by atoms with Crippen LogP contribution in [0.1, 0.15) is 11.1 Å². The van der Waals surface area contributed by atoms with Crippen molar-refractivity contribution in [1.82, 2.24) is 0 Å². The maximum atomic E-state index is 12.3. The van der Waals surface area contributed by atoms with Gasteiger partial charge in [0, 0.05) is 10.6 Å². The van der Waals surface area contributed by atoms with Gasteiger partial charge in [-0.1, -0.05) is 59.7 Å². The second-order valence-electron chi connectivity index (χ2n) is 4.22. The van der Waals surface area contributed by atoms with E-state index in [1.807, 2.05) is 38.1 Å². The summed E-state index contributed by atoms with van der Waals surface area (Å²) in [5.74, 6) is 0. The summed E-state index contributed by atoms with van der Waals surface area (Å²) in [6.45, 7) is 3.87. The monoisotopic (exact) mass is 304 g/mol. The summed E-state index contributed by atoms with van der Waals surface area (Å²) in [7, 11) is -3.69. The fourth-order valence-electron chi connectivity index (χ4n) is 1.63. The molecule has 0 aromatic heterocycles. The van der Waals surface area contributed by atoms with E-state index in [4.69, 9.17) is 0 Å². The first-order valence-electron chi connectivity index (χ1n) is 5.46. The van der Waals surface area contributed by atoms with Gasteiger partial charge in [0.2, 0.25) is 0 Å². The maximum absolute atomic E-state index is 12.3. The molecule has 0 radical (unpaired) electrons. The van der Waals surface area contributed by atoms with Crippen LogP contribution in [0.2, 0.25) is 0 Å². The molecule has 0 aliphatic heterocycles. The van der Waals surface area contributed by atoms with Crippen molar-refractivity contribution in [3.05, 3.63) is 59.7 Å². The topological polar surface area (TPSA) is 40.1 Å². The van der Waals surface area contributed by atoms with E-state index < -0.39 is 7.37 Å². The van der Waals surface area contributed by atoms with Crippen LogP contribution < -0.4 is 27.9 Å². The van der Waals surface area contributed by atoms with E-state index in [-0.39, 0.29) is 35.5 Å². The Hall–Kier alpha value is -0.314. The molecule has 0 bridgehead atoms. The molecular weight excluding hydrogens is 291 g/mol. The quantitative estimate of drug-likeness (QED) is 0.501. The summed E-state index contributed by atoms with van der Waals surface area (Å²) in [4.78, 5) is 12.3. The Kier molecular flexibility index (Phi) is 7.34. The molecule has 2 aromatic rings. The van der Waals surface area contributed by atoms with Crippen molar-refractivity contribution >= 4 is 41.0 Å². The summed E-state index contributed by atoms with van der Waals surface area (Å²) in [6.07, 6.45) is 0. The van der Waals surface area contributed by atoms with Crippen LogP contribution in [0.15, 0.2) is 48.5 Å². The Morgan fingerprint density at radius 3 is 1.32 bits per heavy atom. The summed E-state index contributed by atoms with van der Waals surface area (Å²) in [6, 6.07) is 13.9. The predicted octanol–water partition coefficient (Wildman–Crippen LogP) is -1.48. The molecule has 0 atom stereocenters. The van der Waals surface area contributed by atoms with Crippen LogP contribution in [0.3, 0.4) is 0 Å². The van der Waals surface area contributed by atoms with Gasteiger partial charge in [-0.15, -0.1) is 0 Å². The van der Waals surface area contributed by atoms with Gasteiger partial charge in [-0.25, -0.2) is 0 Å². The molecular formula is C14H14ClMgO2P. The molecule has 2 nitrogen and oxygen atoms in total. The van der Waals surface area contributed by atoms with Crippen LogP contribution in [0, 0.1) is 13.8 Å². The second kappa shape index (κ2) is 7.46. The number of halogens is 1. The number of hydrogen-bond donors (Lipinski definition) is 0. The van der Waals surface area contributed by atoms with Gasteiger partial charge >= 0.3 is 23.1 Å². The van der Waals surface area contributed by atoms with Crippen LogP contribution in [-0.4, -0.2) is 23.1 Å².